The lowest BCUT2D eigenvalue weighted by Gasteiger charge is -2.30. The largest absolute Gasteiger partial charge is 0.334 e. The summed E-state index contributed by atoms with van der Waals surface area (Å²) in [6.07, 6.45) is 7.54. The molecule has 1 amide bonds. The zero-order chi connectivity index (χ0) is 25.4. The number of carbonyl (C=O) groups excluding carboxylic acids is 2. The van der Waals surface area contributed by atoms with Crippen molar-refractivity contribution in [1.29, 1.82) is 0 Å². The highest BCUT2D eigenvalue weighted by atomic mass is 32.1. The third kappa shape index (κ3) is 4.59. The van der Waals surface area contributed by atoms with Crippen LogP contribution in [0.15, 0.2) is 66.9 Å². The van der Waals surface area contributed by atoms with E-state index < -0.39 is 0 Å². The van der Waals surface area contributed by atoms with Gasteiger partial charge in [0.15, 0.2) is 5.78 Å². The standard InChI is InChI=1S/C31H31N3O2S/c1-20-33-29(30(37-20)22-9-3-2-4-10-22)31(36)34-19-23-11-5-6-14-24(23)26(34)16-17-27(35)25-15-7-12-21-13-8-18-32-28(21)25/h2-4,7-10,12-13,15,18,23-24,26H,5-6,11,14,16-17,19H2,1H3/t23-,24-,26+/m0/s1. The molecule has 6 rings (SSSR count). The number of pyridine rings is 1. The molecule has 4 aromatic rings. The first-order valence-electron chi connectivity index (χ1n) is 13.3. The number of rotatable bonds is 6. The Labute approximate surface area is 221 Å². The van der Waals surface area contributed by atoms with Crippen LogP contribution in [-0.4, -0.2) is 39.1 Å². The van der Waals surface area contributed by atoms with Crippen molar-refractivity contribution in [2.45, 2.75) is 51.5 Å². The predicted molar refractivity (Wildman–Crippen MR) is 148 cm³/mol. The summed E-state index contributed by atoms with van der Waals surface area (Å²) in [4.78, 5) is 39.7. The van der Waals surface area contributed by atoms with Gasteiger partial charge in [0.2, 0.25) is 0 Å². The highest BCUT2D eigenvalue weighted by Crippen LogP contribution is 2.43. The first-order valence-corrected chi connectivity index (χ1v) is 14.1. The van der Waals surface area contributed by atoms with E-state index >= 15 is 0 Å². The molecule has 0 N–H and O–H groups in total. The Kier molecular flexibility index (Phi) is 6.59. The second-order valence-electron chi connectivity index (χ2n) is 10.4. The van der Waals surface area contributed by atoms with Gasteiger partial charge >= 0.3 is 0 Å². The molecular weight excluding hydrogens is 478 g/mol. The number of nitrogens with zero attached hydrogens (tertiary/aromatic N) is 3. The number of Topliss-reactive ketones (excluding diaryl/α,β-unsaturated/α-hetero) is 1. The maximum atomic E-state index is 14.1. The fraction of sp³-hybridized carbons (Fsp3) is 0.355. The van der Waals surface area contributed by atoms with Crippen LogP contribution in [0.25, 0.3) is 21.3 Å². The first kappa shape index (κ1) is 24.0. The smallest absolute Gasteiger partial charge is 0.274 e. The van der Waals surface area contributed by atoms with Crippen molar-refractivity contribution >= 4 is 33.9 Å². The Morgan fingerprint density at radius 1 is 1.00 bits per heavy atom. The van der Waals surface area contributed by atoms with Crippen molar-refractivity contribution in [3.63, 3.8) is 0 Å². The molecule has 2 aromatic carbocycles. The number of hydrogen-bond acceptors (Lipinski definition) is 5. The Morgan fingerprint density at radius 3 is 2.68 bits per heavy atom. The summed E-state index contributed by atoms with van der Waals surface area (Å²) in [5.74, 6) is 1.08. The first-order chi connectivity index (χ1) is 18.1. The molecule has 188 valence electrons. The molecule has 1 aliphatic carbocycles. The third-order valence-electron chi connectivity index (χ3n) is 8.13. The van der Waals surface area contributed by atoms with Crippen LogP contribution in [0.1, 0.15) is 64.4 Å². The average Bonchev–Trinajstić information content (AvgIpc) is 3.52. The number of amides is 1. The Morgan fingerprint density at radius 2 is 1.81 bits per heavy atom. The van der Waals surface area contributed by atoms with Crippen LogP contribution in [0.4, 0.5) is 0 Å². The number of thiazole rings is 1. The summed E-state index contributed by atoms with van der Waals surface area (Å²) < 4.78 is 0. The zero-order valence-corrected chi connectivity index (χ0v) is 21.9. The highest BCUT2D eigenvalue weighted by Gasteiger charge is 2.45. The number of fused-ring (bicyclic) bond motifs is 2. The maximum Gasteiger partial charge on any atom is 0.274 e. The number of ketones is 1. The molecule has 2 fully saturated rings. The van der Waals surface area contributed by atoms with Gasteiger partial charge in [-0.3, -0.25) is 14.6 Å². The van der Waals surface area contributed by atoms with Crippen molar-refractivity contribution < 1.29 is 9.59 Å². The van der Waals surface area contributed by atoms with Gasteiger partial charge in [-0.05, 0) is 55.7 Å². The lowest BCUT2D eigenvalue weighted by molar-refractivity contribution is 0.0693. The van der Waals surface area contributed by atoms with Crippen molar-refractivity contribution in [3.05, 3.63) is 83.1 Å². The van der Waals surface area contributed by atoms with E-state index in [2.05, 4.69) is 9.88 Å². The molecule has 2 aromatic heterocycles. The molecule has 6 heteroatoms. The maximum absolute atomic E-state index is 14.1. The molecule has 0 bridgehead atoms. The molecule has 0 radical (unpaired) electrons. The van der Waals surface area contributed by atoms with E-state index in [1.807, 2.05) is 67.6 Å². The second-order valence-corrected chi connectivity index (χ2v) is 11.6. The van der Waals surface area contributed by atoms with E-state index in [1.54, 1.807) is 17.5 Å². The summed E-state index contributed by atoms with van der Waals surface area (Å²) in [6.45, 7) is 2.73. The number of hydrogen-bond donors (Lipinski definition) is 0. The van der Waals surface area contributed by atoms with Gasteiger partial charge in [-0.25, -0.2) is 4.98 Å². The fourth-order valence-corrected chi connectivity index (χ4v) is 7.34. The van der Waals surface area contributed by atoms with Gasteiger partial charge in [-0.2, -0.15) is 0 Å². The molecule has 37 heavy (non-hydrogen) atoms. The monoisotopic (exact) mass is 509 g/mol. The van der Waals surface area contributed by atoms with E-state index in [1.165, 1.54) is 12.8 Å². The number of carbonyl (C=O) groups is 2. The van der Waals surface area contributed by atoms with Crippen molar-refractivity contribution in [1.82, 2.24) is 14.9 Å². The minimum absolute atomic E-state index is 0.0156. The summed E-state index contributed by atoms with van der Waals surface area (Å²) in [6, 6.07) is 19.8. The number of aromatic nitrogens is 2. The summed E-state index contributed by atoms with van der Waals surface area (Å²) in [5, 5.41) is 1.87. The van der Waals surface area contributed by atoms with Crippen molar-refractivity contribution in [2.75, 3.05) is 6.54 Å². The molecular formula is C31H31N3O2S. The topological polar surface area (TPSA) is 63.2 Å². The predicted octanol–water partition coefficient (Wildman–Crippen LogP) is 6.96. The van der Waals surface area contributed by atoms with E-state index in [0.717, 1.165) is 45.7 Å². The van der Waals surface area contributed by atoms with Crippen LogP contribution < -0.4 is 0 Å². The van der Waals surface area contributed by atoms with Gasteiger partial charge < -0.3 is 4.90 Å². The molecule has 3 heterocycles. The molecule has 1 saturated carbocycles. The van der Waals surface area contributed by atoms with Gasteiger partial charge in [0.25, 0.3) is 5.91 Å². The SMILES string of the molecule is Cc1nc(C(=O)N2C[C@@H]3CCCC[C@@H]3[C@H]2CCC(=O)c2cccc3cccnc23)c(-c2ccccc2)s1. The van der Waals surface area contributed by atoms with Crippen LogP contribution in [0.5, 0.6) is 0 Å². The van der Waals surface area contributed by atoms with Crippen LogP contribution in [-0.2, 0) is 0 Å². The molecule has 5 nitrogen and oxygen atoms in total. The van der Waals surface area contributed by atoms with E-state index in [9.17, 15) is 9.59 Å². The summed E-state index contributed by atoms with van der Waals surface area (Å²) in [7, 11) is 0. The van der Waals surface area contributed by atoms with E-state index in [4.69, 9.17) is 4.98 Å². The van der Waals surface area contributed by atoms with Gasteiger partial charge in [-0.15, -0.1) is 11.3 Å². The lowest BCUT2D eigenvalue weighted by atomic mass is 9.77. The molecule has 2 aliphatic rings. The molecule has 0 unspecified atom stereocenters. The Hall–Kier alpha value is -3.38. The van der Waals surface area contributed by atoms with E-state index in [0.29, 0.717) is 35.9 Å². The van der Waals surface area contributed by atoms with Gasteiger partial charge in [0.1, 0.15) is 5.69 Å². The highest BCUT2D eigenvalue weighted by molar-refractivity contribution is 7.15. The number of benzene rings is 2. The summed E-state index contributed by atoms with van der Waals surface area (Å²) in [5.41, 5.74) is 3.02. The minimum Gasteiger partial charge on any atom is -0.334 e. The second kappa shape index (κ2) is 10.2. The molecule has 1 saturated heterocycles. The lowest BCUT2D eigenvalue weighted by Crippen LogP contribution is -2.38. The number of likely N-dealkylation sites (tertiary alicyclic amines) is 1. The van der Waals surface area contributed by atoms with E-state index in [-0.39, 0.29) is 17.7 Å². The fourth-order valence-electron chi connectivity index (χ4n) is 6.43. The normalized spacial score (nSPS) is 21.2. The average molecular weight is 510 g/mol. The van der Waals surface area contributed by atoms with Crippen LogP contribution >= 0.6 is 11.3 Å². The molecule has 0 spiro atoms. The number of aryl methyl sites for hydroxylation is 1. The molecule has 1 aliphatic heterocycles. The van der Waals surface area contributed by atoms with Crippen LogP contribution in [0.3, 0.4) is 0 Å². The Bertz CT molecular complexity index is 1440. The van der Waals surface area contributed by atoms with Gasteiger partial charge in [0.05, 0.1) is 15.4 Å². The summed E-state index contributed by atoms with van der Waals surface area (Å²) >= 11 is 1.58. The zero-order valence-electron chi connectivity index (χ0n) is 21.1. The van der Waals surface area contributed by atoms with Crippen LogP contribution in [0, 0.1) is 18.8 Å². The third-order valence-corrected chi connectivity index (χ3v) is 9.15. The quantitative estimate of drug-likeness (QED) is 0.264. The van der Waals surface area contributed by atoms with Crippen molar-refractivity contribution in [2.24, 2.45) is 11.8 Å². The van der Waals surface area contributed by atoms with Crippen LogP contribution in [0.2, 0.25) is 0 Å². The Balaban J connectivity index is 1.28. The van der Waals surface area contributed by atoms with Gasteiger partial charge in [0, 0.05) is 36.2 Å². The minimum atomic E-state index is 0.0156. The molecule has 3 atom stereocenters. The number of para-hydroxylation sites is 1. The van der Waals surface area contributed by atoms with Crippen molar-refractivity contribution in [3.8, 4) is 10.4 Å². The van der Waals surface area contributed by atoms with Gasteiger partial charge in [-0.1, -0.05) is 61.4 Å².